The Balaban J connectivity index is 1.48. The van der Waals surface area contributed by atoms with Gasteiger partial charge in [-0.05, 0) is 36.4 Å². The zero-order valence-corrected chi connectivity index (χ0v) is 14.7. The van der Waals surface area contributed by atoms with Gasteiger partial charge in [0.2, 0.25) is 5.89 Å². The first kappa shape index (κ1) is 16.3. The summed E-state index contributed by atoms with van der Waals surface area (Å²) in [5.41, 5.74) is 3.04. The van der Waals surface area contributed by atoms with Gasteiger partial charge in [-0.3, -0.25) is 0 Å². The Morgan fingerprint density at radius 3 is 2.57 bits per heavy atom. The van der Waals surface area contributed by atoms with E-state index in [4.69, 9.17) is 13.6 Å². The average Bonchev–Trinajstić information content (AvgIpc) is 3.40. The summed E-state index contributed by atoms with van der Waals surface area (Å²) >= 11 is 0. The van der Waals surface area contributed by atoms with E-state index in [1.807, 2.05) is 48.5 Å². The van der Waals surface area contributed by atoms with Crippen LogP contribution in [-0.2, 0) is 11.3 Å². The van der Waals surface area contributed by atoms with Gasteiger partial charge in [0, 0.05) is 5.39 Å². The second kappa shape index (κ2) is 6.66. The van der Waals surface area contributed by atoms with E-state index in [-0.39, 0.29) is 6.61 Å². The van der Waals surface area contributed by atoms with Crippen LogP contribution in [0.2, 0.25) is 0 Å². The molecule has 0 N–H and O–H groups in total. The SMILES string of the molecule is O=C(OCc1nc2ccccc2o1)c1cc(-c2ccco2)nc2ccccc12. The fraction of sp³-hybridized carbons (Fsp3) is 0.0455. The zero-order valence-electron chi connectivity index (χ0n) is 14.7. The van der Waals surface area contributed by atoms with Crippen molar-refractivity contribution < 1.29 is 18.4 Å². The number of carbonyl (C=O) groups excluding carboxylic acids is 1. The molecule has 0 fully saturated rings. The molecule has 5 aromatic rings. The van der Waals surface area contributed by atoms with Crippen molar-refractivity contribution in [1.82, 2.24) is 9.97 Å². The third kappa shape index (κ3) is 2.91. The lowest BCUT2D eigenvalue weighted by atomic mass is 10.1. The van der Waals surface area contributed by atoms with Gasteiger partial charge in [-0.15, -0.1) is 0 Å². The van der Waals surface area contributed by atoms with Crippen molar-refractivity contribution in [3.63, 3.8) is 0 Å². The van der Waals surface area contributed by atoms with Gasteiger partial charge in [-0.2, -0.15) is 0 Å². The summed E-state index contributed by atoms with van der Waals surface area (Å²) < 4.78 is 16.5. The number of rotatable bonds is 4. The molecule has 0 spiro atoms. The second-order valence-corrected chi connectivity index (χ2v) is 6.20. The minimum Gasteiger partial charge on any atom is -0.463 e. The summed E-state index contributed by atoms with van der Waals surface area (Å²) in [5, 5.41) is 0.709. The molecule has 3 aromatic heterocycles. The Kier molecular flexibility index (Phi) is 3.87. The Morgan fingerprint density at radius 2 is 1.75 bits per heavy atom. The molecule has 0 amide bonds. The van der Waals surface area contributed by atoms with E-state index >= 15 is 0 Å². The highest BCUT2D eigenvalue weighted by molar-refractivity contribution is 6.04. The molecule has 136 valence electrons. The van der Waals surface area contributed by atoms with Crippen molar-refractivity contribution in [3.8, 4) is 11.5 Å². The summed E-state index contributed by atoms with van der Waals surface area (Å²) in [7, 11) is 0. The van der Waals surface area contributed by atoms with Crippen LogP contribution in [0.3, 0.4) is 0 Å². The first-order valence-electron chi connectivity index (χ1n) is 8.73. The number of benzene rings is 2. The van der Waals surface area contributed by atoms with Crippen LogP contribution in [0.25, 0.3) is 33.5 Å². The van der Waals surface area contributed by atoms with Crippen LogP contribution < -0.4 is 0 Å². The largest absolute Gasteiger partial charge is 0.463 e. The fourth-order valence-electron chi connectivity index (χ4n) is 3.08. The molecular formula is C22H14N2O4. The summed E-state index contributed by atoms with van der Waals surface area (Å²) in [6.45, 7) is -0.0553. The molecule has 6 nitrogen and oxygen atoms in total. The Morgan fingerprint density at radius 1 is 0.929 bits per heavy atom. The number of aromatic nitrogens is 2. The van der Waals surface area contributed by atoms with E-state index < -0.39 is 5.97 Å². The van der Waals surface area contributed by atoms with Gasteiger partial charge in [0.05, 0.1) is 17.3 Å². The van der Waals surface area contributed by atoms with E-state index in [1.165, 1.54) is 0 Å². The second-order valence-electron chi connectivity index (χ2n) is 6.20. The van der Waals surface area contributed by atoms with Crippen LogP contribution in [0.4, 0.5) is 0 Å². The topological polar surface area (TPSA) is 78.4 Å². The number of esters is 1. The van der Waals surface area contributed by atoms with E-state index in [2.05, 4.69) is 9.97 Å². The minimum atomic E-state index is -0.478. The predicted molar refractivity (Wildman–Crippen MR) is 103 cm³/mol. The zero-order chi connectivity index (χ0) is 18.9. The maximum Gasteiger partial charge on any atom is 0.339 e. The fourth-order valence-corrected chi connectivity index (χ4v) is 3.08. The molecule has 0 atom stereocenters. The van der Waals surface area contributed by atoms with Crippen molar-refractivity contribution in [2.75, 3.05) is 0 Å². The molecule has 0 aliphatic rings. The van der Waals surface area contributed by atoms with Crippen LogP contribution in [0.15, 0.2) is 81.8 Å². The van der Waals surface area contributed by atoms with Crippen LogP contribution >= 0.6 is 0 Å². The highest BCUT2D eigenvalue weighted by Crippen LogP contribution is 2.26. The number of furan rings is 1. The maximum atomic E-state index is 12.8. The number of hydrogen-bond acceptors (Lipinski definition) is 6. The number of fused-ring (bicyclic) bond motifs is 2. The molecule has 0 aliphatic heterocycles. The molecule has 0 unspecified atom stereocenters. The van der Waals surface area contributed by atoms with Crippen molar-refractivity contribution in [2.45, 2.75) is 6.61 Å². The number of ether oxygens (including phenoxy) is 1. The third-order valence-corrected chi connectivity index (χ3v) is 4.37. The van der Waals surface area contributed by atoms with E-state index in [9.17, 15) is 4.79 Å². The first-order chi connectivity index (χ1) is 13.8. The number of para-hydroxylation sites is 3. The third-order valence-electron chi connectivity index (χ3n) is 4.37. The highest BCUT2D eigenvalue weighted by atomic mass is 16.5. The minimum absolute atomic E-state index is 0.0553. The van der Waals surface area contributed by atoms with Gasteiger partial charge >= 0.3 is 5.97 Å². The number of nitrogens with zero attached hydrogens (tertiary/aromatic N) is 2. The van der Waals surface area contributed by atoms with Crippen molar-refractivity contribution in [1.29, 1.82) is 0 Å². The van der Waals surface area contributed by atoms with Gasteiger partial charge in [0.15, 0.2) is 18.0 Å². The summed E-state index contributed by atoms with van der Waals surface area (Å²) in [6.07, 6.45) is 1.57. The summed E-state index contributed by atoms with van der Waals surface area (Å²) in [6, 6.07) is 20.1. The van der Waals surface area contributed by atoms with Crippen LogP contribution in [0, 0.1) is 0 Å². The van der Waals surface area contributed by atoms with Crippen LogP contribution in [0.5, 0.6) is 0 Å². The number of hydrogen-bond donors (Lipinski definition) is 0. The summed E-state index contributed by atoms with van der Waals surface area (Å²) in [5.74, 6) is 0.451. The Labute approximate surface area is 159 Å². The molecular weight excluding hydrogens is 356 g/mol. The first-order valence-corrected chi connectivity index (χ1v) is 8.73. The molecule has 0 aliphatic carbocycles. The molecule has 6 heteroatoms. The molecule has 28 heavy (non-hydrogen) atoms. The predicted octanol–water partition coefficient (Wildman–Crippen LogP) is 4.99. The van der Waals surface area contributed by atoms with Gasteiger partial charge in [0.25, 0.3) is 0 Å². The number of oxazole rings is 1. The van der Waals surface area contributed by atoms with Gasteiger partial charge in [0.1, 0.15) is 11.2 Å². The quantitative estimate of drug-likeness (QED) is 0.415. The molecule has 3 heterocycles. The normalized spacial score (nSPS) is 11.1. The van der Waals surface area contributed by atoms with E-state index in [0.29, 0.717) is 39.4 Å². The molecule has 0 saturated heterocycles. The lowest BCUT2D eigenvalue weighted by Gasteiger charge is -2.08. The summed E-state index contributed by atoms with van der Waals surface area (Å²) in [4.78, 5) is 21.7. The molecule has 5 rings (SSSR count). The molecule has 0 saturated carbocycles. The van der Waals surface area contributed by atoms with Gasteiger partial charge < -0.3 is 13.6 Å². The van der Waals surface area contributed by atoms with Gasteiger partial charge in [-0.1, -0.05) is 30.3 Å². The van der Waals surface area contributed by atoms with Crippen LogP contribution in [-0.4, -0.2) is 15.9 Å². The highest BCUT2D eigenvalue weighted by Gasteiger charge is 2.17. The molecule has 0 radical (unpaired) electrons. The molecule has 0 bridgehead atoms. The monoisotopic (exact) mass is 370 g/mol. The smallest absolute Gasteiger partial charge is 0.339 e. The van der Waals surface area contributed by atoms with E-state index in [0.717, 1.165) is 5.52 Å². The van der Waals surface area contributed by atoms with Crippen molar-refractivity contribution >= 4 is 28.0 Å². The Hall–Kier alpha value is -3.93. The lowest BCUT2D eigenvalue weighted by Crippen LogP contribution is -2.07. The molecule has 2 aromatic carbocycles. The van der Waals surface area contributed by atoms with Gasteiger partial charge in [-0.25, -0.2) is 14.8 Å². The number of pyridine rings is 1. The standard InChI is InChI=1S/C22H14N2O4/c25-22(27-13-21-24-17-8-3-4-9-20(17)28-21)15-12-18(19-10-5-11-26-19)23-16-7-2-1-6-14(15)16/h1-12H,13H2. The number of carbonyl (C=O) groups is 1. The lowest BCUT2D eigenvalue weighted by molar-refractivity contribution is 0.0442. The Bertz CT molecular complexity index is 1260. The van der Waals surface area contributed by atoms with Crippen molar-refractivity contribution in [2.24, 2.45) is 0 Å². The average molecular weight is 370 g/mol. The van der Waals surface area contributed by atoms with Crippen LogP contribution in [0.1, 0.15) is 16.2 Å². The van der Waals surface area contributed by atoms with E-state index in [1.54, 1.807) is 24.5 Å². The maximum absolute atomic E-state index is 12.8. The van der Waals surface area contributed by atoms with Crippen molar-refractivity contribution in [3.05, 3.63) is 84.4 Å².